The Bertz CT molecular complexity index is 718. The van der Waals surface area contributed by atoms with Crippen LogP contribution in [0.2, 0.25) is 0 Å². The van der Waals surface area contributed by atoms with Gasteiger partial charge in [0.15, 0.2) is 0 Å². The van der Waals surface area contributed by atoms with Crippen LogP contribution in [0.3, 0.4) is 0 Å². The Morgan fingerprint density at radius 3 is 1.56 bits per heavy atom. The minimum Gasteiger partial charge on any atom is -0.376 e. The molecule has 0 aliphatic heterocycles. The quantitative estimate of drug-likeness (QED) is 0.300. The van der Waals surface area contributed by atoms with Crippen molar-refractivity contribution in [1.82, 2.24) is 4.90 Å². The highest BCUT2D eigenvalue weighted by Gasteiger charge is 2.39. The van der Waals surface area contributed by atoms with Crippen molar-refractivity contribution in [1.29, 1.82) is 0 Å². The van der Waals surface area contributed by atoms with E-state index in [1.807, 2.05) is 0 Å². The molecule has 0 fully saturated rings. The Morgan fingerprint density at radius 2 is 1.19 bits per heavy atom. The lowest BCUT2D eigenvalue weighted by atomic mass is 9.76. The Morgan fingerprint density at radius 1 is 0.778 bits per heavy atom. The van der Waals surface area contributed by atoms with Crippen molar-refractivity contribution in [3.05, 3.63) is 120 Å². The first-order chi connectivity index (χ1) is 13.3. The molecule has 0 saturated heterocycles. The zero-order valence-corrected chi connectivity index (χ0v) is 15.9. The highest BCUT2D eigenvalue weighted by Crippen LogP contribution is 2.41. The van der Waals surface area contributed by atoms with Crippen LogP contribution in [0, 0.1) is 0 Å². The molecule has 0 N–H and O–H groups in total. The van der Waals surface area contributed by atoms with E-state index in [0.29, 0.717) is 13.2 Å². The summed E-state index contributed by atoms with van der Waals surface area (Å²) < 4.78 is 5.70. The van der Waals surface area contributed by atoms with Crippen LogP contribution in [0.15, 0.2) is 104 Å². The number of likely N-dealkylation sites (N-methyl/N-ethyl adjacent to an activating group) is 1. The minimum atomic E-state index is -0.388. The van der Waals surface area contributed by atoms with E-state index in [-0.39, 0.29) is 5.54 Å². The number of nitrogens with zero attached hydrogens (tertiary/aromatic N) is 1. The van der Waals surface area contributed by atoms with Crippen LogP contribution >= 0.6 is 0 Å². The van der Waals surface area contributed by atoms with Crippen LogP contribution in [-0.2, 0) is 10.3 Å². The topological polar surface area (TPSA) is 12.5 Å². The standard InChI is InChI=1S/C25H27NO/c1-3-20-27-21-19-26(2)25(22-13-7-4-8-14-22,23-15-9-5-10-16-23)24-17-11-6-12-18-24/h3-18H,1,19-21H2,2H3. The summed E-state index contributed by atoms with van der Waals surface area (Å²) in [5.41, 5.74) is 3.34. The van der Waals surface area contributed by atoms with Crippen molar-refractivity contribution in [2.24, 2.45) is 0 Å². The second-order valence-electron chi connectivity index (χ2n) is 6.59. The van der Waals surface area contributed by atoms with Gasteiger partial charge in [-0.1, -0.05) is 97.1 Å². The summed E-state index contributed by atoms with van der Waals surface area (Å²) in [6.45, 7) is 5.75. The van der Waals surface area contributed by atoms with Gasteiger partial charge in [0.25, 0.3) is 0 Å². The number of ether oxygens (including phenoxy) is 1. The van der Waals surface area contributed by atoms with Crippen molar-refractivity contribution in [3.63, 3.8) is 0 Å². The van der Waals surface area contributed by atoms with Crippen LogP contribution in [0.4, 0.5) is 0 Å². The van der Waals surface area contributed by atoms with E-state index in [9.17, 15) is 0 Å². The van der Waals surface area contributed by atoms with Gasteiger partial charge in [-0.2, -0.15) is 0 Å². The summed E-state index contributed by atoms with van der Waals surface area (Å²) in [6, 6.07) is 32.1. The molecule has 0 heterocycles. The molecular weight excluding hydrogens is 330 g/mol. The monoisotopic (exact) mass is 357 g/mol. The molecule has 138 valence electrons. The maximum absolute atomic E-state index is 5.70. The summed E-state index contributed by atoms with van der Waals surface area (Å²) in [5.74, 6) is 0. The molecule has 2 nitrogen and oxygen atoms in total. The van der Waals surface area contributed by atoms with Crippen LogP contribution < -0.4 is 0 Å². The van der Waals surface area contributed by atoms with Crippen molar-refractivity contribution < 1.29 is 4.74 Å². The lowest BCUT2D eigenvalue weighted by Gasteiger charge is -2.43. The van der Waals surface area contributed by atoms with E-state index in [1.54, 1.807) is 6.08 Å². The Balaban J connectivity index is 2.15. The molecule has 3 rings (SSSR count). The smallest absolute Gasteiger partial charge is 0.0971 e. The summed E-state index contributed by atoms with van der Waals surface area (Å²) in [7, 11) is 2.17. The first-order valence-electron chi connectivity index (χ1n) is 9.36. The van der Waals surface area contributed by atoms with Gasteiger partial charge in [0.2, 0.25) is 0 Å². The van der Waals surface area contributed by atoms with Gasteiger partial charge in [0, 0.05) is 6.54 Å². The predicted octanol–water partition coefficient (Wildman–Crippen LogP) is 5.11. The van der Waals surface area contributed by atoms with Gasteiger partial charge in [-0.05, 0) is 23.7 Å². The van der Waals surface area contributed by atoms with Crippen LogP contribution in [0.25, 0.3) is 0 Å². The second-order valence-corrected chi connectivity index (χ2v) is 6.59. The molecule has 0 saturated carbocycles. The first kappa shape index (κ1) is 19.1. The average Bonchev–Trinajstić information content (AvgIpc) is 2.74. The maximum atomic E-state index is 5.70. The van der Waals surface area contributed by atoms with Crippen molar-refractivity contribution in [3.8, 4) is 0 Å². The molecule has 0 aromatic heterocycles. The van der Waals surface area contributed by atoms with Gasteiger partial charge in [0.1, 0.15) is 0 Å². The van der Waals surface area contributed by atoms with Gasteiger partial charge in [-0.15, -0.1) is 6.58 Å². The fourth-order valence-corrected chi connectivity index (χ4v) is 3.74. The van der Waals surface area contributed by atoms with Gasteiger partial charge >= 0.3 is 0 Å². The van der Waals surface area contributed by atoms with E-state index in [0.717, 1.165) is 6.54 Å². The molecule has 27 heavy (non-hydrogen) atoms. The zero-order chi connectivity index (χ0) is 19.0. The number of hydrogen-bond acceptors (Lipinski definition) is 2. The lowest BCUT2D eigenvalue weighted by molar-refractivity contribution is 0.103. The van der Waals surface area contributed by atoms with E-state index in [1.165, 1.54) is 16.7 Å². The van der Waals surface area contributed by atoms with E-state index in [4.69, 9.17) is 4.74 Å². The highest BCUT2D eigenvalue weighted by atomic mass is 16.5. The Labute approximate surface area is 162 Å². The van der Waals surface area contributed by atoms with Crippen molar-refractivity contribution in [2.45, 2.75) is 5.54 Å². The molecule has 0 bridgehead atoms. The number of rotatable bonds is 9. The molecule has 0 atom stereocenters. The third kappa shape index (κ3) is 4.02. The van der Waals surface area contributed by atoms with Gasteiger partial charge < -0.3 is 4.74 Å². The fraction of sp³-hybridized carbons (Fsp3) is 0.200. The van der Waals surface area contributed by atoms with Crippen LogP contribution in [0.1, 0.15) is 16.7 Å². The molecule has 0 unspecified atom stereocenters. The molecule has 0 spiro atoms. The third-order valence-corrected chi connectivity index (χ3v) is 4.95. The molecule has 0 amide bonds. The maximum Gasteiger partial charge on any atom is 0.0971 e. The summed E-state index contributed by atoms with van der Waals surface area (Å²) in [5, 5.41) is 0. The molecule has 2 heteroatoms. The fourth-order valence-electron chi connectivity index (χ4n) is 3.74. The molecule has 3 aromatic rings. The predicted molar refractivity (Wildman–Crippen MR) is 113 cm³/mol. The molecule has 0 aliphatic carbocycles. The van der Waals surface area contributed by atoms with E-state index >= 15 is 0 Å². The third-order valence-electron chi connectivity index (χ3n) is 4.95. The summed E-state index contributed by atoms with van der Waals surface area (Å²) in [6.07, 6.45) is 1.79. The van der Waals surface area contributed by atoms with Gasteiger partial charge in [0.05, 0.1) is 18.8 Å². The first-order valence-corrected chi connectivity index (χ1v) is 9.36. The molecular formula is C25H27NO. The average molecular weight is 357 g/mol. The normalized spacial score (nSPS) is 11.5. The highest BCUT2D eigenvalue weighted by molar-refractivity contribution is 5.49. The van der Waals surface area contributed by atoms with Crippen LogP contribution in [-0.4, -0.2) is 31.7 Å². The Hall–Kier alpha value is -2.68. The van der Waals surface area contributed by atoms with Crippen molar-refractivity contribution >= 4 is 0 Å². The van der Waals surface area contributed by atoms with E-state index < -0.39 is 0 Å². The molecule has 0 radical (unpaired) electrons. The number of benzene rings is 3. The van der Waals surface area contributed by atoms with Crippen LogP contribution in [0.5, 0.6) is 0 Å². The lowest BCUT2D eigenvalue weighted by Crippen LogP contribution is -2.47. The van der Waals surface area contributed by atoms with Crippen molar-refractivity contribution in [2.75, 3.05) is 26.8 Å². The van der Waals surface area contributed by atoms with Gasteiger partial charge in [-0.3, -0.25) is 4.90 Å². The minimum absolute atomic E-state index is 0.388. The molecule has 3 aromatic carbocycles. The zero-order valence-electron chi connectivity index (χ0n) is 15.9. The largest absolute Gasteiger partial charge is 0.376 e. The summed E-state index contributed by atoms with van der Waals surface area (Å²) in [4.78, 5) is 2.39. The Kier molecular flexibility index (Phi) is 6.59. The summed E-state index contributed by atoms with van der Waals surface area (Å²) >= 11 is 0. The second kappa shape index (κ2) is 9.31. The molecule has 0 aliphatic rings. The number of hydrogen-bond donors (Lipinski definition) is 0. The van der Waals surface area contributed by atoms with Gasteiger partial charge in [-0.25, -0.2) is 0 Å². The van der Waals surface area contributed by atoms with E-state index in [2.05, 4.69) is 110 Å². The SMILES string of the molecule is C=CCOCCN(C)C(c1ccccc1)(c1ccccc1)c1ccccc1.